The van der Waals surface area contributed by atoms with Crippen LogP contribution in [0.4, 0.5) is 0 Å². The number of thioether (sulfide) groups is 1. The zero-order valence-electron chi connectivity index (χ0n) is 11.9. The lowest BCUT2D eigenvalue weighted by Crippen LogP contribution is -2.30. The summed E-state index contributed by atoms with van der Waals surface area (Å²) in [6, 6.07) is 0. The van der Waals surface area contributed by atoms with Gasteiger partial charge in [0.05, 0.1) is 4.90 Å². The second-order valence-corrected chi connectivity index (χ2v) is 6.74. The quantitative estimate of drug-likeness (QED) is 0.690. The van der Waals surface area contributed by atoms with Crippen molar-refractivity contribution in [3.8, 4) is 0 Å². The van der Waals surface area contributed by atoms with Crippen molar-refractivity contribution in [3.63, 3.8) is 0 Å². The predicted molar refractivity (Wildman–Crippen MR) is 77.9 cm³/mol. The molecule has 0 aliphatic heterocycles. The Morgan fingerprint density at radius 1 is 1.37 bits per heavy atom. The van der Waals surface area contributed by atoms with Gasteiger partial charge in [-0.05, 0) is 12.2 Å². The maximum Gasteiger partial charge on any atom is 0.295 e. The van der Waals surface area contributed by atoms with Crippen LogP contribution in [0.1, 0.15) is 46.2 Å². The maximum absolute atomic E-state index is 12.3. The monoisotopic (exact) mass is 280 g/mol. The topological polar surface area (TPSA) is 63.0 Å². The van der Waals surface area contributed by atoms with Crippen LogP contribution in [0, 0.1) is 0 Å². The zero-order chi connectivity index (χ0) is 14.0. The average molecular weight is 280 g/mol. The number of fused-ring (bicyclic) bond motifs is 1. The number of H-pyrrole nitrogens is 1. The SMILES string of the molecule is CCCCSc1c[nH]n2c(=O)c(C(C)(C)C)nnc12. The van der Waals surface area contributed by atoms with E-state index in [0.29, 0.717) is 11.3 Å². The molecule has 0 aliphatic rings. The van der Waals surface area contributed by atoms with E-state index in [1.165, 1.54) is 4.52 Å². The largest absolute Gasteiger partial charge is 0.296 e. The number of aromatic amines is 1. The predicted octanol–water partition coefficient (Wildman–Crippen LogP) is 2.61. The molecule has 104 valence electrons. The molecule has 0 saturated carbocycles. The van der Waals surface area contributed by atoms with Gasteiger partial charge in [-0.25, -0.2) is 0 Å². The van der Waals surface area contributed by atoms with Crippen LogP contribution in [0.2, 0.25) is 0 Å². The molecule has 2 rings (SSSR count). The van der Waals surface area contributed by atoms with Crippen molar-refractivity contribution >= 4 is 17.4 Å². The lowest BCUT2D eigenvalue weighted by atomic mass is 9.93. The molecule has 0 unspecified atom stereocenters. The summed E-state index contributed by atoms with van der Waals surface area (Å²) in [7, 11) is 0. The molecule has 0 radical (unpaired) electrons. The van der Waals surface area contributed by atoms with Crippen LogP contribution >= 0.6 is 11.8 Å². The normalized spacial score (nSPS) is 12.2. The molecule has 0 aromatic carbocycles. The number of aromatic nitrogens is 4. The minimum absolute atomic E-state index is 0.111. The molecule has 0 bridgehead atoms. The van der Waals surface area contributed by atoms with Gasteiger partial charge in [0.25, 0.3) is 5.56 Å². The third kappa shape index (κ3) is 2.83. The Kier molecular flexibility index (Phi) is 3.99. The Morgan fingerprint density at radius 3 is 2.74 bits per heavy atom. The van der Waals surface area contributed by atoms with Crippen molar-refractivity contribution in [2.24, 2.45) is 0 Å². The summed E-state index contributed by atoms with van der Waals surface area (Å²) in [5.41, 5.74) is 0.697. The number of unbranched alkanes of at least 4 members (excludes halogenated alkanes) is 1. The van der Waals surface area contributed by atoms with E-state index in [2.05, 4.69) is 22.2 Å². The van der Waals surface area contributed by atoms with Gasteiger partial charge in [0.1, 0.15) is 5.69 Å². The summed E-state index contributed by atoms with van der Waals surface area (Å²) in [5.74, 6) is 1.03. The van der Waals surface area contributed by atoms with Gasteiger partial charge >= 0.3 is 0 Å². The first-order valence-corrected chi connectivity index (χ1v) is 7.54. The molecule has 0 amide bonds. The van der Waals surface area contributed by atoms with Gasteiger partial charge in [-0.15, -0.1) is 22.0 Å². The third-order valence-corrected chi connectivity index (χ3v) is 3.98. The van der Waals surface area contributed by atoms with Crippen molar-refractivity contribution in [2.75, 3.05) is 5.75 Å². The standard InChI is InChI=1S/C13H20N4OS/c1-5-6-7-19-9-8-14-17-11(9)16-15-10(12(17)18)13(2,3)4/h8,14H,5-7H2,1-4H3. The lowest BCUT2D eigenvalue weighted by Gasteiger charge is -2.15. The Morgan fingerprint density at radius 2 is 2.11 bits per heavy atom. The summed E-state index contributed by atoms with van der Waals surface area (Å²) >= 11 is 1.71. The number of hydrogen-bond acceptors (Lipinski definition) is 4. The molecule has 0 fully saturated rings. The van der Waals surface area contributed by atoms with Gasteiger partial charge in [0, 0.05) is 11.6 Å². The lowest BCUT2D eigenvalue weighted by molar-refractivity contribution is 0.542. The fourth-order valence-electron chi connectivity index (χ4n) is 1.76. The minimum Gasteiger partial charge on any atom is -0.296 e. The first-order chi connectivity index (χ1) is 8.95. The first-order valence-electron chi connectivity index (χ1n) is 6.55. The third-order valence-electron chi connectivity index (χ3n) is 2.87. The van der Waals surface area contributed by atoms with E-state index in [-0.39, 0.29) is 11.0 Å². The summed E-state index contributed by atoms with van der Waals surface area (Å²) in [5, 5.41) is 11.3. The average Bonchev–Trinajstić information content (AvgIpc) is 2.73. The molecule has 19 heavy (non-hydrogen) atoms. The van der Waals surface area contributed by atoms with Gasteiger partial charge in [0.2, 0.25) is 0 Å². The van der Waals surface area contributed by atoms with Crippen LogP contribution in [0.25, 0.3) is 5.65 Å². The molecule has 0 atom stereocenters. The fourth-order valence-corrected chi connectivity index (χ4v) is 2.81. The van der Waals surface area contributed by atoms with E-state index in [9.17, 15) is 4.79 Å². The van der Waals surface area contributed by atoms with Crippen molar-refractivity contribution in [1.29, 1.82) is 0 Å². The Balaban J connectivity index is 2.41. The molecular weight excluding hydrogens is 260 g/mol. The Hall–Kier alpha value is -1.30. The maximum atomic E-state index is 12.3. The highest BCUT2D eigenvalue weighted by Gasteiger charge is 2.22. The van der Waals surface area contributed by atoms with Crippen LogP contribution in [-0.2, 0) is 5.41 Å². The van der Waals surface area contributed by atoms with Crippen molar-refractivity contribution in [2.45, 2.75) is 50.8 Å². The molecular formula is C13H20N4OS. The molecule has 0 spiro atoms. The van der Waals surface area contributed by atoms with Crippen molar-refractivity contribution < 1.29 is 0 Å². The van der Waals surface area contributed by atoms with Crippen LogP contribution in [0.3, 0.4) is 0 Å². The van der Waals surface area contributed by atoms with Crippen LogP contribution in [0.5, 0.6) is 0 Å². The second-order valence-electron chi connectivity index (χ2n) is 5.60. The molecule has 2 aromatic rings. The highest BCUT2D eigenvalue weighted by molar-refractivity contribution is 7.99. The van der Waals surface area contributed by atoms with E-state index < -0.39 is 0 Å². The highest BCUT2D eigenvalue weighted by Crippen LogP contribution is 2.23. The van der Waals surface area contributed by atoms with E-state index >= 15 is 0 Å². The number of rotatable bonds is 4. The van der Waals surface area contributed by atoms with Gasteiger partial charge in [0.15, 0.2) is 5.65 Å². The minimum atomic E-state index is -0.300. The summed E-state index contributed by atoms with van der Waals surface area (Å²) < 4.78 is 1.49. The number of nitrogens with zero attached hydrogens (tertiary/aromatic N) is 3. The summed E-state index contributed by atoms with van der Waals surface area (Å²) in [4.78, 5) is 13.3. The van der Waals surface area contributed by atoms with Gasteiger partial charge < -0.3 is 0 Å². The van der Waals surface area contributed by atoms with E-state index in [1.807, 2.05) is 27.0 Å². The van der Waals surface area contributed by atoms with Crippen molar-refractivity contribution in [3.05, 3.63) is 22.2 Å². The van der Waals surface area contributed by atoms with Crippen molar-refractivity contribution in [1.82, 2.24) is 19.8 Å². The smallest absolute Gasteiger partial charge is 0.295 e. The Labute approximate surface area is 116 Å². The van der Waals surface area contributed by atoms with Crippen LogP contribution in [-0.4, -0.2) is 25.6 Å². The second kappa shape index (κ2) is 5.36. The van der Waals surface area contributed by atoms with E-state index in [1.54, 1.807) is 11.8 Å². The molecule has 6 heteroatoms. The molecule has 5 nitrogen and oxygen atoms in total. The van der Waals surface area contributed by atoms with E-state index in [4.69, 9.17) is 0 Å². The van der Waals surface area contributed by atoms with Crippen LogP contribution < -0.4 is 5.56 Å². The highest BCUT2D eigenvalue weighted by atomic mass is 32.2. The van der Waals surface area contributed by atoms with Gasteiger partial charge in [-0.3, -0.25) is 9.89 Å². The summed E-state index contributed by atoms with van der Waals surface area (Å²) in [6.45, 7) is 8.05. The Bertz CT molecular complexity index is 624. The summed E-state index contributed by atoms with van der Waals surface area (Å²) in [6.07, 6.45) is 4.15. The molecule has 0 saturated heterocycles. The zero-order valence-corrected chi connectivity index (χ0v) is 12.7. The van der Waals surface area contributed by atoms with Gasteiger partial charge in [-0.2, -0.15) is 4.52 Å². The van der Waals surface area contributed by atoms with Crippen LogP contribution in [0.15, 0.2) is 15.9 Å². The number of nitrogens with one attached hydrogen (secondary N) is 1. The van der Waals surface area contributed by atoms with E-state index in [0.717, 1.165) is 23.5 Å². The first kappa shape index (κ1) is 14.1. The molecule has 2 heterocycles. The molecule has 2 aromatic heterocycles. The molecule has 1 N–H and O–H groups in total. The number of hydrogen-bond donors (Lipinski definition) is 1. The fraction of sp³-hybridized carbons (Fsp3) is 0.615. The molecule has 0 aliphatic carbocycles. The van der Waals surface area contributed by atoms with Gasteiger partial charge in [-0.1, -0.05) is 34.1 Å².